The lowest BCUT2D eigenvalue weighted by Gasteiger charge is -2.32. The van der Waals surface area contributed by atoms with Crippen LogP contribution >= 0.6 is 0 Å². The van der Waals surface area contributed by atoms with Gasteiger partial charge in [-0.3, -0.25) is 0 Å². The molecule has 1 radical (unpaired) electrons. The van der Waals surface area contributed by atoms with E-state index in [-0.39, 0.29) is 0 Å². The van der Waals surface area contributed by atoms with E-state index < -0.39 is 5.60 Å². The highest BCUT2D eigenvalue weighted by atomic mass is 16.3. The van der Waals surface area contributed by atoms with Gasteiger partial charge in [-0.15, -0.1) is 0 Å². The van der Waals surface area contributed by atoms with Gasteiger partial charge in [-0.05, 0) is 18.4 Å². The first-order valence-electron chi connectivity index (χ1n) is 4.72. The minimum absolute atomic E-state index is 0.553. The summed E-state index contributed by atoms with van der Waals surface area (Å²) in [7, 11) is 0. The third-order valence-corrected chi connectivity index (χ3v) is 2.59. The molecule has 1 N–H and O–H groups in total. The number of rotatable bonds is 1. The van der Waals surface area contributed by atoms with Crippen LogP contribution in [0, 0.1) is 0 Å². The maximum absolute atomic E-state index is 10.2. The average Bonchev–Trinajstić information content (AvgIpc) is 2.20. The largest absolute Gasteiger partial charge is 0.384 e. The second kappa shape index (κ2) is 3.48. The molecule has 2 nitrogen and oxygen atoms in total. The van der Waals surface area contributed by atoms with Crippen LogP contribution in [0.3, 0.4) is 0 Å². The fourth-order valence-electron chi connectivity index (χ4n) is 1.81. The Morgan fingerprint density at radius 3 is 2.62 bits per heavy atom. The number of hydrogen-bond donors (Lipinski definition) is 1. The molecule has 1 aromatic carbocycles. The summed E-state index contributed by atoms with van der Waals surface area (Å²) in [4.78, 5) is 0. The molecule has 0 aliphatic carbocycles. The first-order chi connectivity index (χ1) is 6.31. The van der Waals surface area contributed by atoms with Crippen LogP contribution in [0.15, 0.2) is 30.3 Å². The van der Waals surface area contributed by atoms with E-state index in [9.17, 15) is 5.11 Å². The lowest BCUT2D eigenvalue weighted by atomic mass is 9.87. The molecule has 0 bridgehead atoms. The molecule has 1 heterocycles. The van der Waals surface area contributed by atoms with Crippen LogP contribution in [0.5, 0.6) is 0 Å². The topological polar surface area (TPSA) is 34.3 Å². The van der Waals surface area contributed by atoms with Crippen LogP contribution in [0.4, 0.5) is 0 Å². The summed E-state index contributed by atoms with van der Waals surface area (Å²) < 4.78 is 0. The summed E-state index contributed by atoms with van der Waals surface area (Å²) in [5, 5.41) is 14.5. The summed E-state index contributed by atoms with van der Waals surface area (Å²) >= 11 is 0. The third-order valence-electron chi connectivity index (χ3n) is 2.59. The predicted octanol–water partition coefficient (Wildman–Crippen LogP) is 1.27. The van der Waals surface area contributed by atoms with Gasteiger partial charge in [0.25, 0.3) is 0 Å². The average molecular weight is 176 g/mol. The van der Waals surface area contributed by atoms with Gasteiger partial charge >= 0.3 is 0 Å². The molecule has 1 aliphatic heterocycles. The molecule has 1 fully saturated rings. The van der Waals surface area contributed by atoms with Gasteiger partial charge < -0.3 is 5.11 Å². The minimum atomic E-state index is -0.695. The van der Waals surface area contributed by atoms with Crippen LogP contribution in [0.25, 0.3) is 0 Å². The van der Waals surface area contributed by atoms with Crippen LogP contribution in [-0.4, -0.2) is 18.2 Å². The fraction of sp³-hybridized carbons (Fsp3) is 0.455. The summed E-state index contributed by atoms with van der Waals surface area (Å²) in [5.74, 6) is 0. The molecule has 1 aliphatic rings. The number of piperidine rings is 1. The van der Waals surface area contributed by atoms with E-state index in [1.807, 2.05) is 30.3 Å². The highest BCUT2D eigenvalue weighted by Gasteiger charge is 2.31. The number of hydrogen-bond acceptors (Lipinski definition) is 1. The summed E-state index contributed by atoms with van der Waals surface area (Å²) in [6, 6.07) is 9.83. The summed E-state index contributed by atoms with van der Waals surface area (Å²) in [6.45, 7) is 1.45. The molecule has 1 aromatic rings. The van der Waals surface area contributed by atoms with E-state index in [4.69, 9.17) is 0 Å². The zero-order chi connectivity index (χ0) is 9.15. The molecule has 2 heteroatoms. The van der Waals surface area contributed by atoms with E-state index in [0.717, 1.165) is 24.9 Å². The van der Waals surface area contributed by atoms with Gasteiger partial charge in [-0.2, -0.15) is 0 Å². The molecule has 13 heavy (non-hydrogen) atoms. The Morgan fingerprint density at radius 1 is 1.23 bits per heavy atom. The third kappa shape index (κ3) is 1.74. The number of nitrogens with zero attached hydrogens (tertiary/aromatic N) is 1. The Hall–Kier alpha value is -0.860. The molecule has 69 valence electrons. The van der Waals surface area contributed by atoms with Gasteiger partial charge in [0.05, 0.1) is 0 Å². The van der Waals surface area contributed by atoms with Gasteiger partial charge in [0.15, 0.2) is 0 Å². The van der Waals surface area contributed by atoms with Crippen molar-refractivity contribution in [3.05, 3.63) is 35.9 Å². The maximum Gasteiger partial charge on any atom is 0.104 e. The van der Waals surface area contributed by atoms with E-state index in [0.29, 0.717) is 6.54 Å². The lowest BCUT2D eigenvalue weighted by molar-refractivity contribution is 0.0110. The van der Waals surface area contributed by atoms with Crippen molar-refractivity contribution in [2.45, 2.75) is 18.4 Å². The molecular formula is C11H14NO. The monoisotopic (exact) mass is 176 g/mol. The van der Waals surface area contributed by atoms with Gasteiger partial charge in [-0.25, -0.2) is 5.32 Å². The van der Waals surface area contributed by atoms with Crippen LogP contribution in [-0.2, 0) is 5.60 Å². The first kappa shape index (κ1) is 8.73. The molecule has 0 aromatic heterocycles. The van der Waals surface area contributed by atoms with Crippen molar-refractivity contribution in [1.29, 1.82) is 0 Å². The van der Waals surface area contributed by atoms with E-state index >= 15 is 0 Å². The maximum atomic E-state index is 10.2. The molecule has 1 saturated heterocycles. The highest BCUT2D eigenvalue weighted by Crippen LogP contribution is 2.28. The Labute approximate surface area is 78.6 Å². The SMILES string of the molecule is OC1(c2ccccc2)CCC[N]C1. The number of aliphatic hydroxyl groups is 1. The van der Waals surface area contributed by atoms with Crippen molar-refractivity contribution in [1.82, 2.24) is 5.32 Å². The zero-order valence-electron chi connectivity index (χ0n) is 7.61. The van der Waals surface area contributed by atoms with Crippen molar-refractivity contribution in [3.8, 4) is 0 Å². The van der Waals surface area contributed by atoms with Crippen LogP contribution in [0.1, 0.15) is 18.4 Å². The molecule has 1 atom stereocenters. The molecule has 0 amide bonds. The Balaban J connectivity index is 2.23. The standard InChI is InChI=1S/C11H14NO/c13-11(7-4-8-12-9-11)10-5-2-1-3-6-10/h1-3,5-6,13H,4,7-9H2. The van der Waals surface area contributed by atoms with Gasteiger partial charge in [0.2, 0.25) is 0 Å². The van der Waals surface area contributed by atoms with Crippen molar-refractivity contribution < 1.29 is 5.11 Å². The van der Waals surface area contributed by atoms with Gasteiger partial charge in [-0.1, -0.05) is 30.3 Å². The predicted molar refractivity (Wildman–Crippen MR) is 51.4 cm³/mol. The second-order valence-electron chi connectivity index (χ2n) is 3.61. The molecule has 2 rings (SSSR count). The number of benzene rings is 1. The van der Waals surface area contributed by atoms with E-state index in [1.54, 1.807) is 0 Å². The van der Waals surface area contributed by atoms with Crippen LogP contribution < -0.4 is 5.32 Å². The van der Waals surface area contributed by atoms with Gasteiger partial charge in [0, 0.05) is 13.1 Å². The lowest BCUT2D eigenvalue weighted by Crippen LogP contribution is -2.39. The van der Waals surface area contributed by atoms with Crippen molar-refractivity contribution in [2.75, 3.05) is 13.1 Å². The Morgan fingerprint density at radius 2 is 2.00 bits per heavy atom. The molecule has 1 unspecified atom stereocenters. The van der Waals surface area contributed by atoms with Crippen molar-refractivity contribution >= 4 is 0 Å². The summed E-state index contributed by atoms with van der Waals surface area (Å²) in [5.41, 5.74) is 0.304. The normalized spacial score (nSPS) is 28.7. The van der Waals surface area contributed by atoms with Crippen molar-refractivity contribution in [3.63, 3.8) is 0 Å². The quantitative estimate of drug-likeness (QED) is 0.687. The summed E-state index contributed by atoms with van der Waals surface area (Å²) in [6.07, 6.45) is 1.83. The second-order valence-corrected chi connectivity index (χ2v) is 3.61. The Kier molecular flexibility index (Phi) is 2.34. The van der Waals surface area contributed by atoms with Gasteiger partial charge in [0.1, 0.15) is 5.60 Å². The minimum Gasteiger partial charge on any atom is -0.384 e. The smallest absolute Gasteiger partial charge is 0.104 e. The zero-order valence-corrected chi connectivity index (χ0v) is 7.61. The van der Waals surface area contributed by atoms with E-state index in [1.165, 1.54) is 0 Å². The fourth-order valence-corrected chi connectivity index (χ4v) is 1.81. The molecule has 0 saturated carbocycles. The van der Waals surface area contributed by atoms with Crippen molar-refractivity contribution in [2.24, 2.45) is 0 Å². The highest BCUT2D eigenvalue weighted by molar-refractivity contribution is 5.23. The molecule has 0 spiro atoms. The Bertz CT molecular complexity index is 265. The van der Waals surface area contributed by atoms with Crippen LogP contribution in [0.2, 0.25) is 0 Å². The molecular weight excluding hydrogens is 162 g/mol. The van der Waals surface area contributed by atoms with E-state index in [2.05, 4.69) is 5.32 Å². The first-order valence-corrected chi connectivity index (χ1v) is 4.72.